The monoisotopic (exact) mass is 443 g/mol. The number of thioether (sulfide) groups is 1. The van der Waals surface area contributed by atoms with Crippen molar-refractivity contribution >= 4 is 46.1 Å². The van der Waals surface area contributed by atoms with E-state index in [1.165, 1.54) is 7.11 Å². The summed E-state index contributed by atoms with van der Waals surface area (Å²) in [6, 6.07) is 7.15. The number of nitrogens with zero attached hydrogens (tertiary/aromatic N) is 3. The highest BCUT2D eigenvalue weighted by atomic mass is 32.2. The summed E-state index contributed by atoms with van der Waals surface area (Å²) in [5.41, 5.74) is 2.22. The largest absolute Gasteiger partial charge is 0.483 e. The summed E-state index contributed by atoms with van der Waals surface area (Å²) in [6.45, 7) is 2.81. The van der Waals surface area contributed by atoms with Gasteiger partial charge >= 0.3 is 0 Å². The maximum Gasteiger partial charge on any atom is 0.252 e. The lowest BCUT2D eigenvalue weighted by molar-refractivity contribution is -0.129. The van der Waals surface area contributed by atoms with Crippen molar-refractivity contribution in [3.05, 3.63) is 36.0 Å². The third kappa shape index (κ3) is 4.59. The van der Waals surface area contributed by atoms with Crippen molar-refractivity contribution in [1.29, 1.82) is 5.41 Å². The predicted octanol–water partition coefficient (Wildman–Crippen LogP) is 1.33. The van der Waals surface area contributed by atoms with Gasteiger partial charge < -0.3 is 24.6 Å². The van der Waals surface area contributed by atoms with Crippen LogP contribution in [0.4, 0.5) is 5.69 Å². The maximum atomic E-state index is 12.9. The first-order chi connectivity index (χ1) is 15.1. The molecule has 1 atom stereocenters. The molecule has 0 bridgehead atoms. The number of hydrogen-bond donors (Lipinski definition) is 2. The number of amides is 2. The van der Waals surface area contributed by atoms with Crippen molar-refractivity contribution < 1.29 is 19.1 Å². The van der Waals surface area contributed by atoms with E-state index in [1.54, 1.807) is 28.9 Å². The summed E-state index contributed by atoms with van der Waals surface area (Å²) < 4.78 is 10.4. The van der Waals surface area contributed by atoms with Gasteiger partial charge in [0.2, 0.25) is 11.8 Å². The molecule has 10 heteroatoms. The molecule has 4 rings (SSSR count). The Morgan fingerprint density at radius 1 is 1.32 bits per heavy atom. The Morgan fingerprint density at radius 3 is 2.90 bits per heavy atom. The van der Waals surface area contributed by atoms with Crippen molar-refractivity contribution in [2.45, 2.75) is 6.04 Å². The minimum atomic E-state index is -0.391. The number of benzene rings is 1. The molecule has 2 amide bonds. The molecule has 0 saturated carbocycles. The number of carbonyl (C=O) groups is 2. The summed E-state index contributed by atoms with van der Waals surface area (Å²) >= 11 is 1.56. The van der Waals surface area contributed by atoms with Gasteiger partial charge in [0.05, 0.1) is 43.8 Å². The number of anilines is 1. The first-order valence-corrected chi connectivity index (χ1v) is 11.2. The van der Waals surface area contributed by atoms with Gasteiger partial charge in [-0.25, -0.2) is 0 Å². The van der Waals surface area contributed by atoms with Gasteiger partial charge in [0.25, 0.3) is 5.91 Å². The lowest BCUT2D eigenvalue weighted by atomic mass is 10.1. The van der Waals surface area contributed by atoms with E-state index >= 15 is 0 Å². The highest BCUT2D eigenvalue weighted by Gasteiger charge is 2.33. The number of ether oxygens (including phenoxy) is 2. The number of rotatable bonds is 5. The number of pyridine rings is 1. The first kappa shape index (κ1) is 21.4. The molecule has 0 aliphatic carbocycles. The van der Waals surface area contributed by atoms with Gasteiger partial charge in [0, 0.05) is 36.1 Å². The van der Waals surface area contributed by atoms with Crippen LogP contribution in [0.25, 0.3) is 10.9 Å². The van der Waals surface area contributed by atoms with Crippen LogP contribution in [0.15, 0.2) is 30.5 Å². The summed E-state index contributed by atoms with van der Waals surface area (Å²) in [4.78, 5) is 33.7. The molecule has 0 unspecified atom stereocenters. The standard InChI is InChI=1S/C21H25N5O4S/c1-29-20(22)18-12-31-13-26(18)19(27)11-24-21(28)15-4-5-23-17-3-2-14(10-16(15)17)25-6-8-30-9-7-25/h2-5,10,18,22H,6-9,11-13H2,1H3,(H,24,28)/t18-/m0/s1. The van der Waals surface area contributed by atoms with Crippen molar-refractivity contribution in [3.8, 4) is 0 Å². The molecule has 2 N–H and O–H groups in total. The Bertz CT molecular complexity index is 995. The molecule has 164 valence electrons. The summed E-state index contributed by atoms with van der Waals surface area (Å²) in [5.74, 6) is 0.584. The van der Waals surface area contributed by atoms with E-state index in [0.29, 0.717) is 30.4 Å². The minimum Gasteiger partial charge on any atom is -0.483 e. The minimum absolute atomic E-state index is 0.0560. The van der Waals surface area contributed by atoms with Crippen LogP contribution >= 0.6 is 11.8 Å². The van der Waals surface area contributed by atoms with Crippen molar-refractivity contribution in [1.82, 2.24) is 15.2 Å². The zero-order chi connectivity index (χ0) is 21.8. The maximum absolute atomic E-state index is 12.9. The Hall–Kier alpha value is -2.85. The van der Waals surface area contributed by atoms with Gasteiger partial charge in [-0.05, 0) is 24.3 Å². The average molecular weight is 444 g/mol. The number of aromatic nitrogens is 1. The van der Waals surface area contributed by atoms with Gasteiger partial charge in [-0.15, -0.1) is 11.8 Å². The number of fused-ring (bicyclic) bond motifs is 1. The number of morpholine rings is 1. The fourth-order valence-electron chi connectivity index (χ4n) is 3.74. The molecule has 2 fully saturated rings. The Balaban J connectivity index is 1.48. The highest BCUT2D eigenvalue weighted by Crippen LogP contribution is 2.25. The Kier molecular flexibility index (Phi) is 6.57. The van der Waals surface area contributed by atoms with Crippen LogP contribution in [0.2, 0.25) is 0 Å². The van der Waals surface area contributed by atoms with Gasteiger partial charge in [0.15, 0.2) is 0 Å². The molecule has 9 nitrogen and oxygen atoms in total. The molecule has 2 aliphatic rings. The van der Waals surface area contributed by atoms with Crippen molar-refractivity contribution in [2.24, 2.45) is 0 Å². The molecule has 3 heterocycles. The van der Waals surface area contributed by atoms with Crippen LogP contribution in [0.3, 0.4) is 0 Å². The Morgan fingerprint density at radius 2 is 2.13 bits per heavy atom. The van der Waals surface area contributed by atoms with Gasteiger partial charge in [-0.1, -0.05) is 0 Å². The van der Waals surface area contributed by atoms with Gasteiger partial charge in [-0.2, -0.15) is 0 Å². The Labute approximate surface area is 184 Å². The number of carbonyl (C=O) groups excluding carboxylic acids is 2. The lowest BCUT2D eigenvalue weighted by Gasteiger charge is -2.29. The molecule has 2 aliphatic heterocycles. The van der Waals surface area contributed by atoms with Gasteiger partial charge in [0.1, 0.15) is 6.04 Å². The van der Waals surface area contributed by atoms with E-state index in [4.69, 9.17) is 14.9 Å². The topological polar surface area (TPSA) is 108 Å². The van der Waals surface area contributed by atoms with Crippen molar-refractivity contribution in [2.75, 3.05) is 56.5 Å². The van der Waals surface area contributed by atoms with E-state index in [-0.39, 0.29) is 24.3 Å². The molecule has 31 heavy (non-hydrogen) atoms. The second-order valence-electron chi connectivity index (χ2n) is 7.29. The SMILES string of the molecule is COC(=N)[C@@H]1CSCN1C(=O)CNC(=O)c1ccnc2ccc(N3CCOCC3)cc12. The number of nitrogens with one attached hydrogen (secondary N) is 2. The smallest absolute Gasteiger partial charge is 0.252 e. The van der Waals surface area contributed by atoms with Crippen LogP contribution in [-0.4, -0.2) is 85.2 Å². The van der Waals surface area contributed by atoms with E-state index in [2.05, 4.69) is 15.2 Å². The predicted molar refractivity (Wildman–Crippen MR) is 120 cm³/mol. The van der Waals surface area contributed by atoms with Crippen LogP contribution in [0.5, 0.6) is 0 Å². The summed E-state index contributed by atoms with van der Waals surface area (Å²) in [7, 11) is 1.43. The lowest BCUT2D eigenvalue weighted by Crippen LogP contribution is -2.46. The fraction of sp³-hybridized carbons (Fsp3) is 0.429. The van der Waals surface area contributed by atoms with Gasteiger partial charge in [-0.3, -0.25) is 20.0 Å². The first-order valence-electron chi connectivity index (χ1n) is 10.1. The second-order valence-corrected chi connectivity index (χ2v) is 8.29. The van der Waals surface area contributed by atoms with E-state index in [9.17, 15) is 9.59 Å². The third-order valence-corrected chi connectivity index (χ3v) is 6.48. The molecule has 2 saturated heterocycles. The molecule has 1 aromatic heterocycles. The average Bonchev–Trinajstić information content (AvgIpc) is 3.32. The fourth-order valence-corrected chi connectivity index (χ4v) is 4.93. The number of hydrogen-bond acceptors (Lipinski definition) is 8. The zero-order valence-corrected chi connectivity index (χ0v) is 18.1. The quantitative estimate of drug-likeness (QED) is 0.530. The molecular weight excluding hydrogens is 418 g/mol. The molecule has 0 radical (unpaired) electrons. The second kappa shape index (κ2) is 9.52. The molecule has 1 aromatic carbocycles. The van der Waals surface area contributed by atoms with Crippen LogP contribution < -0.4 is 10.2 Å². The van der Waals surface area contributed by atoms with Crippen LogP contribution in [0, 0.1) is 5.41 Å². The normalized spacial score (nSPS) is 18.8. The third-order valence-electron chi connectivity index (χ3n) is 5.47. The summed E-state index contributed by atoms with van der Waals surface area (Å²) in [5, 5.41) is 11.3. The van der Waals surface area contributed by atoms with Crippen molar-refractivity contribution in [3.63, 3.8) is 0 Å². The van der Waals surface area contributed by atoms with Crippen LogP contribution in [0.1, 0.15) is 10.4 Å². The van der Waals surface area contributed by atoms with E-state index in [0.717, 1.165) is 29.7 Å². The molecule has 0 spiro atoms. The zero-order valence-electron chi connectivity index (χ0n) is 17.3. The summed E-state index contributed by atoms with van der Waals surface area (Å²) in [6.07, 6.45) is 1.60. The van der Waals surface area contributed by atoms with E-state index < -0.39 is 6.04 Å². The molecular formula is C21H25N5O4S. The highest BCUT2D eigenvalue weighted by molar-refractivity contribution is 7.99. The molecule has 2 aromatic rings. The van der Waals surface area contributed by atoms with E-state index in [1.807, 2.05) is 18.2 Å². The number of methoxy groups -OCH3 is 1. The van der Waals surface area contributed by atoms with Crippen LogP contribution in [-0.2, 0) is 14.3 Å².